The van der Waals surface area contributed by atoms with Crippen LogP contribution in [0.15, 0.2) is 18.2 Å². The molecule has 0 aliphatic rings. The van der Waals surface area contributed by atoms with Crippen LogP contribution in [-0.4, -0.2) is 15.9 Å². The molecule has 0 spiro atoms. The second kappa shape index (κ2) is 2.83. The SMILES string of the molecule is CC(=O)c1[nH]c2c(F)cccc2c1O. The van der Waals surface area contributed by atoms with Gasteiger partial charge in [0, 0.05) is 12.3 Å². The van der Waals surface area contributed by atoms with Crippen LogP contribution in [0.4, 0.5) is 4.39 Å². The van der Waals surface area contributed by atoms with Gasteiger partial charge in [0.25, 0.3) is 0 Å². The number of benzene rings is 1. The van der Waals surface area contributed by atoms with Crippen LogP contribution < -0.4 is 0 Å². The molecule has 0 aliphatic heterocycles. The highest BCUT2D eigenvalue weighted by Crippen LogP contribution is 2.30. The Kier molecular flexibility index (Phi) is 1.77. The first-order valence-corrected chi connectivity index (χ1v) is 4.11. The van der Waals surface area contributed by atoms with Gasteiger partial charge in [-0.15, -0.1) is 0 Å². The Labute approximate surface area is 79.2 Å². The molecule has 0 amide bonds. The van der Waals surface area contributed by atoms with E-state index in [1.54, 1.807) is 6.07 Å². The highest BCUT2D eigenvalue weighted by molar-refractivity contribution is 6.03. The third-order valence-corrected chi connectivity index (χ3v) is 2.11. The summed E-state index contributed by atoms with van der Waals surface area (Å²) in [4.78, 5) is 13.6. The van der Waals surface area contributed by atoms with E-state index in [0.29, 0.717) is 5.39 Å². The fourth-order valence-corrected chi connectivity index (χ4v) is 1.42. The molecule has 0 saturated carbocycles. The number of carbonyl (C=O) groups is 1. The zero-order valence-corrected chi connectivity index (χ0v) is 7.47. The Morgan fingerprint density at radius 1 is 1.50 bits per heavy atom. The molecule has 72 valence electrons. The van der Waals surface area contributed by atoms with Gasteiger partial charge in [0.2, 0.25) is 0 Å². The summed E-state index contributed by atoms with van der Waals surface area (Å²) in [6, 6.07) is 4.30. The number of aromatic hydroxyl groups is 1. The van der Waals surface area contributed by atoms with Gasteiger partial charge in [-0.25, -0.2) is 4.39 Å². The van der Waals surface area contributed by atoms with Crippen LogP contribution in [0.2, 0.25) is 0 Å². The molecule has 0 bridgehead atoms. The lowest BCUT2D eigenvalue weighted by atomic mass is 10.2. The van der Waals surface area contributed by atoms with Crippen molar-refractivity contribution < 1.29 is 14.3 Å². The van der Waals surface area contributed by atoms with Crippen molar-refractivity contribution in [2.75, 3.05) is 0 Å². The van der Waals surface area contributed by atoms with Gasteiger partial charge in [-0.3, -0.25) is 4.79 Å². The van der Waals surface area contributed by atoms with E-state index in [1.165, 1.54) is 19.1 Å². The van der Waals surface area contributed by atoms with Crippen LogP contribution in [0, 0.1) is 5.82 Å². The molecular formula is C10H8FNO2. The van der Waals surface area contributed by atoms with E-state index in [1.807, 2.05) is 0 Å². The first-order chi connectivity index (χ1) is 6.61. The second-order valence-corrected chi connectivity index (χ2v) is 3.07. The summed E-state index contributed by atoms with van der Waals surface area (Å²) in [7, 11) is 0. The number of hydrogen-bond donors (Lipinski definition) is 2. The predicted molar refractivity (Wildman–Crippen MR) is 49.9 cm³/mol. The summed E-state index contributed by atoms with van der Waals surface area (Å²) < 4.78 is 13.2. The number of nitrogens with one attached hydrogen (secondary N) is 1. The molecule has 3 nitrogen and oxygen atoms in total. The summed E-state index contributed by atoms with van der Waals surface area (Å²) in [5, 5.41) is 9.89. The molecule has 0 unspecified atom stereocenters. The summed E-state index contributed by atoms with van der Waals surface area (Å²) in [5.41, 5.74) is 0.209. The number of aromatic nitrogens is 1. The molecule has 0 fully saturated rings. The number of hydrogen-bond acceptors (Lipinski definition) is 2. The van der Waals surface area contributed by atoms with Crippen LogP contribution in [-0.2, 0) is 0 Å². The molecule has 1 heterocycles. The molecule has 1 aromatic heterocycles. The molecule has 14 heavy (non-hydrogen) atoms. The highest BCUT2D eigenvalue weighted by atomic mass is 19.1. The number of para-hydroxylation sites is 1. The number of aromatic amines is 1. The Morgan fingerprint density at radius 2 is 2.21 bits per heavy atom. The Hall–Kier alpha value is -1.84. The fraction of sp³-hybridized carbons (Fsp3) is 0.100. The van der Waals surface area contributed by atoms with Gasteiger partial charge in [-0.05, 0) is 12.1 Å². The van der Waals surface area contributed by atoms with Crippen molar-refractivity contribution in [2.45, 2.75) is 6.92 Å². The predicted octanol–water partition coefficient (Wildman–Crippen LogP) is 2.22. The maximum absolute atomic E-state index is 13.2. The average Bonchev–Trinajstić information content (AvgIpc) is 2.46. The van der Waals surface area contributed by atoms with E-state index < -0.39 is 5.82 Å². The largest absolute Gasteiger partial charge is 0.505 e. The van der Waals surface area contributed by atoms with E-state index in [4.69, 9.17) is 0 Å². The molecule has 0 radical (unpaired) electrons. The number of rotatable bonds is 1. The van der Waals surface area contributed by atoms with Crippen molar-refractivity contribution in [3.05, 3.63) is 29.7 Å². The lowest BCUT2D eigenvalue weighted by molar-refractivity contribution is 0.101. The van der Waals surface area contributed by atoms with E-state index in [2.05, 4.69) is 4.98 Å². The monoisotopic (exact) mass is 193 g/mol. The first-order valence-electron chi connectivity index (χ1n) is 4.11. The Balaban J connectivity index is 2.86. The van der Waals surface area contributed by atoms with Gasteiger partial charge in [0.15, 0.2) is 11.5 Å². The lowest BCUT2D eigenvalue weighted by Crippen LogP contribution is -1.91. The smallest absolute Gasteiger partial charge is 0.179 e. The van der Waals surface area contributed by atoms with Crippen molar-refractivity contribution >= 4 is 16.7 Å². The fourth-order valence-electron chi connectivity index (χ4n) is 1.42. The summed E-state index contributed by atoms with van der Waals surface area (Å²) in [6.07, 6.45) is 0. The van der Waals surface area contributed by atoms with Gasteiger partial charge in [-0.2, -0.15) is 0 Å². The molecule has 0 saturated heterocycles. The minimum atomic E-state index is -0.481. The number of ketones is 1. The summed E-state index contributed by atoms with van der Waals surface area (Å²) in [6.45, 7) is 1.31. The minimum Gasteiger partial charge on any atom is -0.505 e. The van der Waals surface area contributed by atoms with Crippen LogP contribution >= 0.6 is 0 Å². The topological polar surface area (TPSA) is 53.1 Å². The van der Waals surface area contributed by atoms with E-state index in [0.717, 1.165) is 0 Å². The zero-order chi connectivity index (χ0) is 10.3. The third-order valence-electron chi connectivity index (χ3n) is 2.11. The standard InChI is InChI=1S/C10H8FNO2/c1-5(13)8-10(14)6-3-2-4-7(11)9(6)12-8/h2-4,12,14H,1H3. The van der Waals surface area contributed by atoms with E-state index in [-0.39, 0.29) is 22.7 Å². The first kappa shape index (κ1) is 8.74. The van der Waals surface area contributed by atoms with Crippen molar-refractivity contribution in [3.63, 3.8) is 0 Å². The van der Waals surface area contributed by atoms with Crippen LogP contribution in [0.3, 0.4) is 0 Å². The van der Waals surface area contributed by atoms with Gasteiger partial charge < -0.3 is 10.1 Å². The average molecular weight is 193 g/mol. The summed E-state index contributed by atoms with van der Waals surface area (Å²) in [5.74, 6) is -0.990. The second-order valence-electron chi connectivity index (χ2n) is 3.07. The Bertz CT molecular complexity index is 516. The normalized spacial score (nSPS) is 10.7. The molecule has 1 aromatic carbocycles. The van der Waals surface area contributed by atoms with Gasteiger partial charge in [-0.1, -0.05) is 6.07 Å². The number of fused-ring (bicyclic) bond motifs is 1. The molecule has 0 aliphatic carbocycles. The van der Waals surface area contributed by atoms with Crippen LogP contribution in [0.25, 0.3) is 10.9 Å². The van der Waals surface area contributed by atoms with Gasteiger partial charge in [0.05, 0.1) is 5.52 Å². The van der Waals surface area contributed by atoms with Gasteiger partial charge >= 0.3 is 0 Å². The van der Waals surface area contributed by atoms with Gasteiger partial charge in [0.1, 0.15) is 11.5 Å². The van der Waals surface area contributed by atoms with Crippen molar-refractivity contribution in [1.82, 2.24) is 4.98 Å². The zero-order valence-electron chi connectivity index (χ0n) is 7.47. The molecule has 2 rings (SSSR count). The number of H-pyrrole nitrogens is 1. The quantitative estimate of drug-likeness (QED) is 0.682. The van der Waals surface area contributed by atoms with Crippen molar-refractivity contribution in [2.24, 2.45) is 0 Å². The summed E-state index contributed by atoms with van der Waals surface area (Å²) >= 11 is 0. The lowest BCUT2D eigenvalue weighted by Gasteiger charge is -1.90. The number of Topliss-reactive ketones (excluding diaryl/α,β-unsaturated/α-hetero) is 1. The molecule has 0 atom stereocenters. The van der Waals surface area contributed by atoms with E-state index in [9.17, 15) is 14.3 Å². The third kappa shape index (κ3) is 1.08. The van der Waals surface area contributed by atoms with E-state index >= 15 is 0 Å². The molecule has 2 N–H and O–H groups in total. The highest BCUT2D eigenvalue weighted by Gasteiger charge is 2.15. The molecular weight excluding hydrogens is 185 g/mol. The van der Waals surface area contributed by atoms with Crippen molar-refractivity contribution in [1.29, 1.82) is 0 Å². The number of halogens is 1. The molecule has 2 aromatic rings. The minimum absolute atomic E-state index is 0.0464. The van der Waals surface area contributed by atoms with Crippen LogP contribution in [0.1, 0.15) is 17.4 Å². The van der Waals surface area contributed by atoms with Crippen molar-refractivity contribution in [3.8, 4) is 5.75 Å². The maximum atomic E-state index is 13.2. The van der Waals surface area contributed by atoms with Crippen LogP contribution in [0.5, 0.6) is 5.75 Å². The molecule has 4 heteroatoms. The maximum Gasteiger partial charge on any atom is 0.179 e. The Morgan fingerprint density at radius 3 is 2.79 bits per heavy atom. The number of carbonyl (C=O) groups excluding carboxylic acids is 1.